The molecule has 1 fully saturated rings. The van der Waals surface area contributed by atoms with Crippen molar-refractivity contribution < 1.29 is 17.2 Å². The first-order valence-corrected chi connectivity index (χ1v) is 10.7. The van der Waals surface area contributed by atoms with Gasteiger partial charge in [0.1, 0.15) is 6.61 Å². The van der Waals surface area contributed by atoms with Crippen LogP contribution in [0, 0.1) is 0 Å². The lowest BCUT2D eigenvalue weighted by molar-refractivity contribution is -0.117. The van der Waals surface area contributed by atoms with Crippen molar-refractivity contribution in [3.8, 4) is 0 Å². The normalized spacial score (nSPS) is 17.4. The van der Waals surface area contributed by atoms with E-state index in [4.69, 9.17) is 4.74 Å². The van der Waals surface area contributed by atoms with Crippen molar-refractivity contribution in [3.63, 3.8) is 0 Å². The number of carbonyl (C=O) groups excluding carboxylic acids is 2. The van der Waals surface area contributed by atoms with Gasteiger partial charge < -0.3 is 10.1 Å². The van der Waals surface area contributed by atoms with Crippen LogP contribution in [0.1, 0.15) is 43.9 Å². The minimum atomic E-state index is -1.10. The highest BCUT2D eigenvalue weighted by atomic mass is 16.5. The van der Waals surface area contributed by atoms with Crippen molar-refractivity contribution in [1.29, 1.82) is 0 Å². The second kappa shape index (κ2) is 8.67. The highest BCUT2D eigenvalue weighted by Gasteiger charge is 2.33. The topological polar surface area (TPSA) is 79.8 Å². The number of carbonyl (C=O) groups is 2. The highest BCUT2D eigenvalue weighted by Crippen LogP contribution is 2.45. The van der Waals surface area contributed by atoms with Crippen LogP contribution < -0.4 is 10.6 Å². The molecule has 32 heavy (non-hydrogen) atoms. The minimum Gasteiger partial charge on any atom is -0.445 e. The SMILES string of the molecule is O=C(NC1N=C(c2ccccc2)c2cccc(C3CC3)c2NC1=O)OCc1ccccc1.[HH].[HH]. The summed E-state index contributed by atoms with van der Waals surface area (Å²) in [7, 11) is 0. The fourth-order valence-electron chi connectivity index (χ4n) is 3.89. The van der Waals surface area contributed by atoms with Gasteiger partial charge in [0.05, 0.1) is 11.4 Å². The number of aliphatic imine (C=N–C) groups is 1. The molecule has 1 saturated carbocycles. The molecule has 0 bridgehead atoms. The summed E-state index contributed by atoms with van der Waals surface area (Å²) < 4.78 is 5.31. The molecule has 5 rings (SSSR count). The summed E-state index contributed by atoms with van der Waals surface area (Å²) >= 11 is 0. The lowest BCUT2D eigenvalue weighted by Crippen LogP contribution is -2.42. The lowest BCUT2D eigenvalue weighted by atomic mass is 9.96. The molecule has 1 unspecified atom stereocenters. The molecule has 0 spiro atoms. The van der Waals surface area contributed by atoms with Crippen LogP contribution in [-0.4, -0.2) is 23.9 Å². The van der Waals surface area contributed by atoms with Gasteiger partial charge >= 0.3 is 6.09 Å². The highest BCUT2D eigenvalue weighted by molar-refractivity contribution is 6.20. The maximum Gasteiger partial charge on any atom is 0.409 e. The molecular weight excluding hydrogens is 402 g/mol. The Morgan fingerprint density at radius 1 is 1.00 bits per heavy atom. The van der Waals surface area contributed by atoms with Crippen molar-refractivity contribution in [1.82, 2.24) is 5.32 Å². The van der Waals surface area contributed by atoms with E-state index >= 15 is 0 Å². The zero-order valence-electron chi connectivity index (χ0n) is 17.5. The first-order chi connectivity index (χ1) is 15.7. The quantitative estimate of drug-likeness (QED) is 0.592. The Hall–Kier alpha value is -3.93. The number of nitrogens with one attached hydrogen (secondary N) is 2. The molecule has 2 amide bonds. The molecule has 6 heteroatoms. The van der Waals surface area contributed by atoms with E-state index in [1.54, 1.807) is 0 Å². The molecule has 1 atom stereocenters. The molecule has 2 N–H and O–H groups in total. The van der Waals surface area contributed by atoms with E-state index in [0.29, 0.717) is 11.6 Å². The minimum absolute atomic E-state index is 0. The zero-order valence-corrected chi connectivity index (χ0v) is 17.5. The number of rotatable bonds is 5. The van der Waals surface area contributed by atoms with E-state index in [0.717, 1.165) is 40.8 Å². The molecule has 1 aliphatic heterocycles. The van der Waals surface area contributed by atoms with E-state index in [2.05, 4.69) is 21.7 Å². The summed E-state index contributed by atoms with van der Waals surface area (Å²) in [5.41, 5.74) is 5.16. The van der Waals surface area contributed by atoms with Crippen LogP contribution in [0.3, 0.4) is 0 Å². The molecule has 0 radical (unpaired) electrons. The van der Waals surface area contributed by atoms with Gasteiger partial charge in [0.25, 0.3) is 5.91 Å². The smallest absolute Gasteiger partial charge is 0.409 e. The van der Waals surface area contributed by atoms with Gasteiger partial charge in [0.15, 0.2) is 0 Å². The summed E-state index contributed by atoms with van der Waals surface area (Å²) in [6, 6.07) is 25.1. The van der Waals surface area contributed by atoms with Crippen LogP contribution >= 0.6 is 0 Å². The summed E-state index contributed by atoms with van der Waals surface area (Å²) in [6.07, 6.45) is 0.418. The number of nitrogens with zero attached hydrogens (tertiary/aromatic N) is 1. The van der Waals surface area contributed by atoms with E-state index < -0.39 is 12.3 Å². The zero-order chi connectivity index (χ0) is 21.9. The number of fused-ring (bicyclic) bond motifs is 1. The van der Waals surface area contributed by atoms with E-state index in [9.17, 15) is 9.59 Å². The third kappa shape index (κ3) is 4.25. The maximum atomic E-state index is 13.1. The van der Waals surface area contributed by atoms with Crippen LogP contribution in [0.15, 0.2) is 83.9 Å². The largest absolute Gasteiger partial charge is 0.445 e. The summed E-state index contributed by atoms with van der Waals surface area (Å²) in [5.74, 6) is 0.0598. The Balaban J connectivity index is 0.00000162. The number of para-hydroxylation sites is 1. The molecule has 6 nitrogen and oxygen atoms in total. The molecule has 0 saturated heterocycles. The fourth-order valence-corrected chi connectivity index (χ4v) is 3.89. The third-order valence-corrected chi connectivity index (χ3v) is 5.64. The van der Waals surface area contributed by atoms with Gasteiger partial charge in [-0.15, -0.1) is 0 Å². The second-order valence-corrected chi connectivity index (χ2v) is 7.99. The number of anilines is 1. The van der Waals surface area contributed by atoms with Crippen molar-refractivity contribution in [2.45, 2.75) is 31.5 Å². The number of benzodiazepines with no additional fused rings is 1. The van der Waals surface area contributed by atoms with E-state index in [1.807, 2.05) is 72.8 Å². The van der Waals surface area contributed by atoms with Crippen LogP contribution in [0.4, 0.5) is 10.5 Å². The summed E-state index contributed by atoms with van der Waals surface area (Å²) in [5, 5.41) is 5.63. The molecule has 3 aromatic rings. The van der Waals surface area contributed by atoms with Crippen molar-refractivity contribution >= 4 is 23.4 Å². The Labute approximate surface area is 189 Å². The predicted molar refractivity (Wildman–Crippen MR) is 127 cm³/mol. The van der Waals surface area contributed by atoms with Crippen LogP contribution in [0.25, 0.3) is 0 Å². The van der Waals surface area contributed by atoms with Crippen LogP contribution in [-0.2, 0) is 16.1 Å². The average molecular weight is 430 g/mol. The first kappa shape index (κ1) is 20.0. The van der Waals surface area contributed by atoms with E-state index in [-0.39, 0.29) is 15.4 Å². The van der Waals surface area contributed by atoms with Crippen molar-refractivity contribution in [3.05, 3.63) is 101 Å². The van der Waals surface area contributed by atoms with Gasteiger partial charge in [-0.25, -0.2) is 9.79 Å². The molecule has 1 aliphatic carbocycles. The standard InChI is InChI=1S/C26H23N3O3.2H2/c30-25-24(29-26(31)32-16-17-8-3-1-4-9-17)27-22(19-10-5-2-6-11-19)21-13-7-12-20(18-14-15-18)23(21)28-25;;/h1-13,18,24H,14-16H2,(H,28,30)(H,29,31);2*1H. The molecule has 1 heterocycles. The molecule has 164 valence electrons. The van der Waals surface area contributed by atoms with Gasteiger partial charge in [-0.2, -0.15) is 0 Å². The monoisotopic (exact) mass is 429 g/mol. The third-order valence-electron chi connectivity index (χ3n) is 5.64. The number of hydrogen-bond acceptors (Lipinski definition) is 4. The summed E-state index contributed by atoms with van der Waals surface area (Å²) in [4.78, 5) is 30.2. The van der Waals surface area contributed by atoms with Gasteiger partial charge in [0, 0.05) is 14.0 Å². The summed E-state index contributed by atoms with van der Waals surface area (Å²) in [6.45, 7) is 0.113. The Morgan fingerprint density at radius 3 is 2.44 bits per heavy atom. The Morgan fingerprint density at radius 2 is 1.72 bits per heavy atom. The van der Waals surface area contributed by atoms with Gasteiger partial charge in [-0.05, 0) is 29.9 Å². The number of alkyl carbamates (subject to hydrolysis) is 1. The number of ether oxygens (including phenoxy) is 1. The molecule has 0 aromatic heterocycles. The first-order valence-electron chi connectivity index (χ1n) is 10.7. The molecule has 3 aromatic carbocycles. The molecule has 2 aliphatic rings. The van der Waals surface area contributed by atoms with Gasteiger partial charge in [-0.1, -0.05) is 78.9 Å². The average Bonchev–Trinajstić information content (AvgIpc) is 3.68. The fraction of sp³-hybridized carbons (Fsp3) is 0.192. The van der Waals surface area contributed by atoms with Crippen molar-refractivity contribution in [2.75, 3.05) is 5.32 Å². The lowest BCUT2D eigenvalue weighted by Gasteiger charge is -2.15. The number of hydrogen-bond donors (Lipinski definition) is 2. The van der Waals surface area contributed by atoms with Gasteiger partial charge in [0.2, 0.25) is 6.17 Å². The van der Waals surface area contributed by atoms with Crippen LogP contribution in [0.5, 0.6) is 0 Å². The van der Waals surface area contributed by atoms with Crippen LogP contribution in [0.2, 0.25) is 0 Å². The van der Waals surface area contributed by atoms with E-state index in [1.165, 1.54) is 0 Å². The van der Waals surface area contributed by atoms with Gasteiger partial charge in [-0.3, -0.25) is 10.1 Å². The molecular formula is C26H27N3O3. The Kier molecular flexibility index (Phi) is 5.42. The Bertz CT molecular complexity index is 1180. The maximum absolute atomic E-state index is 13.1. The number of amides is 2. The van der Waals surface area contributed by atoms with Crippen molar-refractivity contribution in [2.24, 2.45) is 4.99 Å². The predicted octanol–water partition coefficient (Wildman–Crippen LogP) is 5.10. The second-order valence-electron chi connectivity index (χ2n) is 7.99. The number of benzene rings is 3.